The van der Waals surface area contributed by atoms with Gasteiger partial charge in [-0.05, 0) is 19.8 Å². The molecule has 1 aliphatic carbocycles. The first-order chi connectivity index (χ1) is 9.67. The summed E-state index contributed by atoms with van der Waals surface area (Å²) in [7, 11) is 0. The normalized spacial score (nSPS) is 16.9. The van der Waals surface area contributed by atoms with Crippen molar-refractivity contribution in [1.29, 1.82) is 10.5 Å². The minimum Gasteiger partial charge on any atom is -0.352 e. The Hall–Kier alpha value is -2.34. The zero-order chi connectivity index (χ0) is 14.5. The summed E-state index contributed by atoms with van der Waals surface area (Å²) in [6.45, 7) is 1.71. The molecule has 1 saturated carbocycles. The molecule has 1 unspecified atom stereocenters. The van der Waals surface area contributed by atoms with Crippen molar-refractivity contribution < 1.29 is 4.79 Å². The Balaban J connectivity index is 2.09. The number of rotatable bonds is 3. The summed E-state index contributed by atoms with van der Waals surface area (Å²) in [4.78, 5) is 16.1. The van der Waals surface area contributed by atoms with Crippen molar-refractivity contribution in [2.75, 3.05) is 0 Å². The summed E-state index contributed by atoms with van der Waals surface area (Å²) >= 11 is 0. The molecule has 1 heterocycles. The largest absolute Gasteiger partial charge is 0.352 e. The first-order valence-electron chi connectivity index (χ1n) is 6.84. The smallest absolute Gasteiger partial charge is 0.243 e. The van der Waals surface area contributed by atoms with Gasteiger partial charge in [-0.1, -0.05) is 19.3 Å². The molecule has 1 fully saturated rings. The van der Waals surface area contributed by atoms with Crippen LogP contribution in [0.4, 0.5) is 0 Å². The van der Waals surface area contributed by atoms with Crippen molar-refractivity contribution >= 4 is 5.91 Å². The van der Waals surface area contributed by atoms with Crippen LogP contribution >= 0.6 is 0 Å². The lowest BCUT2D eigenvalue weighted by atomic mass is 9.95. The maximum atomic E-state index is 12.2. The van der Waals surface area contributed by atoms with Crippen LogP contribution in [0.5, 0.6) is 0 Å². The van der Waals surface area contributed by atoms with Gasteiger partial charge in [0.05, 0.1) is 6.33 Å². The monoisotopic (exact) mass is 271 g/mol. The number of hydrogen-bond acceptors (Lipinski definition) is 4. The van der Waals surface area contributed by atoms with Crippen LogP contribution in [0.25, 0.3) is 0 Å². The van der Waals surface area contributed by atoms with Crippen molar-refractivity contribution in [3.8, 4) is 12.1 Å². The predicted octanol–water partition coefficient (Wildman–Crippen LogP) is 1.64. The molecule has 0 aliphatic heterocycles. The topological polar surface area (TPSA) is 94.5 Å². The lowest BCUT2D eigenvalue weighted by Gasteiger charge is -2.24. The van der Waals surface area contributed by atoms with Gasteiger partial charge in [-0.25, -0.2) is 4.98 Å². The highest BCUT2D eigenvalue weighted by Crippen LogP contribution is 2.19. The van der Waals surface area contributed by atoms with Crippen LogP contribution in [0.1, 0.15) is 56.5 Å². The molecule has 0 saturated heterocycles. The molecule has 0 aromatic carbocycles. The quantitative estimate of drug-likeness (QED) is 0.904. The van der Waals surface area contributed by atoms with Crippen LogP contribution < -0.4 is 5.32 Å². The molecule has 104 valence electrons. The number of nitriles is 2. The SMILES string of the molecule is CC(C(=O)NC1CCCCC1)n1cnc(C#N)c1C#N. The maximum Gasteiger partial charge on any atom is 0.243 e. The Morgan fingerprint density at radius 3 is 2.70 bits per heavy atom. The Morgan fingerprint density at radius 1 is 1.40 bits per heavy atom. The average molecular weight is 271 g/mol. The third kappa shape index (κ3) is 2.80. The van der Waals surface area contributed by atoms with E-state index in [4.69, 9.17) is 10.5 Å². The van der Waals surface area contributed by atoms with Crippen molar-refractivity contribution in [2.24, 2.45) is 0 Å². The van der Waals surface area contributed by atoms with E-state index >= 15 is 0 Å². The first kappa shape index (κ1) is 14.1. The standard InChI is InChI=1S/C14H17N5O/c1-10(14(20)18-11-5-3-2-4-6-11)19-9-17-12(7-15)13(19)8-16/h9-11H,2-6H2,1H3,(H,18,20). The van der Waals surface area contributed by atoms with E-state index in [1.54, 1.807) is 6.92 Å². The van der Waals surface area contributed by atoms with E-state index in [1.165, 1.54) is 17.3 Å². The van der Waals surface area contributed by atoms with Gasteiger partial charge in [0, 0.05) is 6.04 Å². The summed E-state index contributed by atoms with van der Waals surface area (Å²) in [6.07, 6.45) is 6.92. The van der Waals surface area contributed by atoms with Crippen molar-refractivity contribution in [2.45, 2.75) is 51.1 Å². The fourth-order valence-electron chi connectivity index (χ4n) is 2.54. The van der Waals surface area contributed by atoms with Gasteiger partial charge in [0.2, 0.25) is 5.91 Å². The highest BCUT2D eigenvalue weighted by molar-refractivity contribution is 5.80. The van der Waals surface area contributed by atoms with Crippen LogP contribution in [0, 0.1) is 22.7 Å². The van der Waals surface area contributed by atoms with E-state index in [9.17, 15) is 4.79 Å². The molecule has 1 aromatic heterocycles. The van der Waals surface area contributed by atoms with Crippen molar-refractivity contribution in [3.05, 3.63) is 17.7 Å². The molecule has 2 rings (SSSR count). The van der Waals surface area contributed by atoms with E-state index in [0.29, 0.717) is 0 Å². The number of carbonyl (C=O) groups is 1. The lowest BCUT2D eigenvalue weighted by molar-refractivity contribution is -0.124. The molecule has 6 nitrogen and oxygen atoms in total. The van der Waals surface area contributed by atoms with Gasteiger partial charge >= 0.3 is 0 Å². The number of nitrogens with one attached hydrogen (secondary N) is 1. The van der Waals surface area contributed by atoms with E-state index in [1.807, 2.05) is 12.1 Å². The predicted molar refractivity (Wildman–Crippen MR) is 71.4 cm³/mol. The molecule has 20 heavy (non-hydrogen) atoms. The molecule has 1 N–H and O–H groups in total. The molecule has 1 atom stereocenters. The number of amides is 1. The second-order valence-corrected chi connectivity index (χ2v) is 5.09. The third-order valence-corrected chi connectivity index (χ3v) is 3.75. The van der Waals surface area contributed by atoms with Crippen LogP contribution in [0.2, 0.25) is 0 Å². The van der Waals surface area contributed by atoms with Gasteiger partial charge in [-0.15, -0.1) is 0 Å². The molecular weight excluding hydrogens is 254 g/mol. The maximum absolute atomic E-state index is 12.2. The Bertz CT molecular complexity index is 571. The fourth-order valence-corrected chi connectivity index (χ4v) is 2.54. The third-order valence-electron chi connectivity index (χ3n) is 3.75. The Kier molecular flexibility index (Phi) is 4.37. The van der Waals surface area contributed by atoms with E-state index in [0.717, 1.165) is 25.7 Å². The molecule has 1 amide bonds. The highest BCUT2D eigenvalue weighted by atomic mass is 16.2. The van der Waals surface area contributed by atoms with Crippen molar-refractivity contribution in [3.63, 3.8) is 0 Å². The zero-order valence-electron chi connectivity index (χ0n) is 11.5. The van der Waals surface area contributed by atoms with Gasteiger partial charge in [-0.2, -0.15) is 10.5 Å². The van der Waals surface area contributed by atoms with Gasteiger partial charge in [0.1, 0.15) is 18.2 Å². The Labute approximate surface area is 118 Å². The fraction of sp³-hybridized carbons (Fsp3) is 0.571. The van der Waals surface area contributed by atoms with Crippen LogP contribution in [-0.4, -0.2) is 21.5 Å². The number of imidazole rings is 1. The average Bonchev–Trinajstić information content (AvgIpc) is 2.90. The molecule has 1 aliphatic rings. The van der Waals surface area contributed by atoms with E-state index in [-0.39, 0.29) is 23.3 Å². The van der Waals surface area contributed by atoms with Gasteiger partial charge in [-0.3, -0.25) is 4.79 Å². The lowest BCUT2D eigenvalue weighted by Crippen LogP contribution is -2.40. The molecule has 0 radical (unpaired) electrons. The number of aromatic nitrogens is 2. The zero-order valence-corrected chi connectivity index (χ0v) is 11.5. The molecular formula is C14H17N5O. The highest BCUT2D eigenvalue weighted by Gasteiger charge is 2.23. The summed E-state index contributed by atoms with van der Waals surface area (Å²) in [6, 6.07) is 3.47. The summed E-state index contributed by atoms with van der Waals surface area (Å²) in [5, 5.41) is 21.0. The molecule has 0 spiro atoms. The van der Waals surface area contributed by atoms with Crippen LogP contribution in [0.15, 0.2) is 6.33 Å². The van der Waals surface area contributed by atoms with Gasteiger partial charge in [0.15, 0.2) is 11.4 Å². The van der Waals surface area contributed by atoms with Crippen LogP contribution in [-0.2, 0) is 4.79 Å². The Morgan fingerprint density at radius 2 is 2.10 bits per heavy atom. The van der Waals surface area contributed by atoms with E-state index in [2.05, 4.69) is 10.3 Å². The molecule has 1 aromatic rings. The van der Waals surface area contributed by atoms with Crippen LogP contribution in [0.3, 0.4) is 0 Å². The second-order valence-electron chi connectivity index (χ2n) is 5.09. The summed E-state index contributed by atoms with van der Waals surface area (Å²) < 4.78 is 1.46. The summed E-state index contributed by atoms with van der Waals surface area (Å²) in [5.74, 6) is -0.129. The molecule has 6 heteroatoms. The van der Waals surface area contributed by atoms with Gasteiger partial charge < -0.3 is 9.88 Å². The molecule has 0 bridgehead atoms. The minimum atomic E-state index is -0.541. The minimum absolute atomic E-state index is 0.0600. The number of hydrogen-bond donors (Lipinski definition) is 1. The van der Waals surface area contributed by atoms with Crippen molar-refractivity contribution in [1.82, 2.24) is 14.9 Å². The first-order valence-corrected chi connectivity index (χ1v) is 6.84. The van der Waals surface area contributed by atoms with E-state index < -0.39 is 6.04 Å². The second kappa shape index (κ2) is 6.21. The number of carbonyl (C=O) groups excluding carboxylic acids is 1. The summed E-state index contributed by atoms with van der Waals surface area (Å²) in [5.41, 5.74) is 0.198. The number of nitrogens with zero attached hydrogens (tertiary/aromatic N) is 4. The van der Waals surface area contributed by atoms with Gasteiger partial charge in [0.25, 0.3) is 0 Å².